The summed E-state index contributed by atoms with van der Waals surface area (Å²) in [5.74, 6) is -0.272. The molecule has 0 spiro atoms. The van der Waals surface area contributed by atoms with Gasteiger partial charge in [0.15, 0.2) is 0 Å². The molecule has 0 radical (unpaired) electrons. The molecule has 1 amide bonds. The summed E-state index contributed by atoms with van der Waals surface area (Å²) in [6.07, 6.45) is 7.09. The van der Waals surface area contributed by atoms with E-state index in [0.29, 0.717) is 24.9 Å². The first-order valence-corrected chi connectivity index (χ1v) is 8.85. The molecule has 3 aromatic rings. The van der Waals surface area contributed by atoms with Crippen LogP contribution in [-0.4, -0.2) is 38.4 Å². The van der Waals surface area contributed by atoms with Crippen molar-refractivity contribution in [3.05, 3.63) is 77.9 Å². The van der Waals surface area contributed by atoms with Gasteiger partial charge in [-0.15, -0.1) is 0 Å². The van der Waals surface area contributed by atoms with Crippen LogP contribution in [0.15, 0.2) is 61.2 Å². The molecule has 27 heavy (non-hydrogen) atoms. The second-order valence-electron chi connectivity index (χ2n) is 6.26. The molecule has 0 unspecified atom stereocenters. The van der Waals surface area contributed by atoms with Gasteiger partial charge >= 0.3 is 0 Å². The van der Waals surface area contributed by atoms with E-state index in [4.69, 9.17) is 5.73 Å². The molecule has 0 aliphatic rings. The van der Waals surface area contributed by atoms with Gasteiger partial charge < -0.3 is 16.2 Å². The van der Waals surface area contributed by atoms with Crippen LogP contribution in [0.4, 0.5) is 0 Å². The van der Waals surface area contributed by atoms with Crippen LogP contribution in [0.25, 0.3) is 5.69 Å². The molecule has 7 heteroatoms. The number of pyridine rings is 1. The second-order valence-corrected chi connectivity index (χ2v) is 6.26. The summed E-state index contributed by atoms with van der Waals surface area (Å²) in [6, 6.07) is 11.6. The van der Waals surface area contributed by atoms with E-state index < -0.39 is 6.10 Å². The van der Waals surface area contributed by atoms with Gasteiger partial charge in [-0.3, -0.25) is 9.78 Å². The van der Waals surface area contributed by atoms with Crippen molar-refractivity contribution in [2.45, 2.75) is 25.5 Å². The summed E-state index contributed by atoms with van der Waals surface area (Å²) >= 11 is 0. The lowest BCUT2D eigenvalue weighted by molar-refractivity contribution is 0.0911. The van der Waals surface area contributed by atoms with Crippen molar-refractivity contribution >= 4 is 5.91 Å². The zero-order valence-electron chi connectivity index (χ0n) is 15.0. The van der Waals surface area contributed by atoms with Gasteiger partial charge in [0.05, 0.1) is 29.7 Å². The first-order valence-electron chi connectivity index (χ1n) is 8.85. The van der Waals surface area contributed by atoms with Crippen LogP contribution >= 0.6 is 0 Å². The molecule has 2 heterocycles. The summed E-state index contributed by atoms with van der Waals surface area (Å²) in [4.78, 5) is 16.3. The van der Waals surface area contributed by atoms with Crippen LogP contribution in [0, 0.1) is 0 Å². The van der Waals surface area contributed by atoms with Crippen molar-refractivity contribution in [3.63, 3.8) is 0 Å². The number of rotatable bonds is 8. The summed E-state index contributed by atoms with van der Waals surface area (Å²) in [5.41, 5.74) is 9.14. The molecule has 7 nitrogen and oxygen atoms in total. The van der Waals surface area contributed by atoms with Gasteiger partial charge in [0.25, 0.3) is 5.91 Å². The summed E-state index contributed by atoms with van der Waals surface area (Å²) in [7, 11) is 0. The highest BCUT2D eigenvalue weighted by Gasteiger charge is 2.12. The van der Waals surface area contributed by atoms with Crippen LogP contribution in [-0.2, 0) is 13.0 Å². The standard InChI is InChI=1S/C20H23N5O2/c21-10-16-5-2-1-4-15(16)7-8-19(26)13-23-20(27)17-11-24-25(14-17)18-6-3-9-22-12-18/h1-6,9,11-12,14,19,26H,7-8,10,13,21H2,(H,23,27)/t19-/m0/s1. The fourth-order valence-electron chi connectivity index (χ4n) is 2.81. The van der Waals surface area contributed by atoms with Crippen molar-refractivity contribution in [1.82, 2.24) is 20.1 Å². The van der Waals surface area contributed by atoms with Crippen molar-refractivity contribution in [2.75, 3.05) is 6.54 Å². The van der Waals surface area contributed by atoms with Crippen molar-refractivity contribution < 1.29 is 9.90 Å². The van der Waals surface area contributed by atoms with Crippen molar-refractivity contribution in [1.29, 1.82) is 0 Å². The number of amides is 1. The Morgan fingerprint density at radius 2 is 2.00 bits per heavy atom. The number of aliphatic hydroxyl groups is 1. The number of carbonyl (C=O) groups is 1. The molecule has 0 saturated carbocycles. The molecule has 3 rings (SSSR count). The van der Waals surface area contributed by atoms with Gasteiger partial charge in [0.1, 0.15) is 0 Å². The largest absolute Gasteiger partial charge is 0.391 e. The van der Waals surface area contributed by atoms with Crippen LogP contribution in [0.5, 0.6) is 0 Å². The highest BCUT2D eigenvalue weighted by molar-refractivity contribution is 5.93. The first-order chi connectivity index (χ1) is 13.2. The van der Waals surface area contributed by atoms with Crippen LogP contribution < -0.4 is 11.1 Å². The maximum atomic E-state index is 12.3. The Balaban J connectivity index is 1.49. The molecule has 0 aliphatic carbocycles. The molecule has 140 valence electrons. The van der Waals surface area contributed by atoms with E-state index in [9.17, 15) is 9.90 Å². The maximum Gasteiger partial charge on any atom is 0.254 e. The molecular weight excluding hydrogens is 342 g/mol. The Morgan fingerprint density at radius 3 is 2.74 bits per heavy atom. The van der Waals surface area contributed by atoms with Crippen molar-refractivity contribution in [3.8, 4) is 5.69 Å². The number of aromatic nitrogens is 3. The minimum atomic E-state index is -0.631. The summed E-state index contributed by atoms with van der Waals surface area (Å²) < 4.78 is 1.59. The van der Waals surface area contributed by atoms with Crippen LogP contribution in [0.3, 0.4) is 0 Å². The topological polar surface area (TPSA) is 106 Å². The van der Waals surface area contributed by atoms with E-state index in [1.807, 2.05) is 30.3 Å². The monoisotopic (exact) mass is 365 g/mol. The third-order valence-corrected chi connectivity index (χ3v) is 4.34. The van der Waals surface area contributed by atoms with E-state index in [1.54, 1.807) is 29.3 Å². The smallest absolute Gasteiger partial charge is 0.254 e. The van der Waals surface area contributed by atoms with Gasteiger partial charge in [0.2, 0.25) is 0 Å². The normalized spacial score (nSPS) is 11.9. The van der Waals surface area contributed by atoms with Gasteiger partial charge in [0, 0.05) is 25.5 Å². The van der Waals surface area contributed by atoms with E-state index in [-0.39, 0.29) is 12.5 Å². The van der Waals surface area contributed by atoms with E-state index in [2.05, 4.69) is 15.4 Å². The van der Waals surface area contributed by atoms with E-state index in [0.717, 1.165) is 16.8 Å². The molecule has 2 aromatic heterocycles. The summed E-state index contributed by atoms with van der Waals surface area (Å²) in [6.45, 7) is 0.658. The molecule has 0 bridgehead atoms. The molecule has 1 atom stereocenters. The molecule has 4 N–H and O–H groups in total. The lowest BCUT2D eigenvalue weighted by Gasteiger charge is -2.13. The summed E-state index contributed by atoms with van der Waals surface area (Å²) in [5, 5.41) is 17.1. The highest BCUT2D eigenvalue weighted by atomic mass is 16.3. The highest BCUT2D eigenvalue weighted by Crippen LogP contribution is 2.12. The molecule has 0 aliphatic heterocycles. The Hall–Kier alpha value is -3.03. The molecule has 0 saturated heterocycles. The number of hydrogen-bond acceptors (Lipinski definition) is 5. The number of hydrogen-bond donors (Lipinski definition) is 3. The number of nitrogens with two attached hydrogens (primary N) is 1. The zero-order chi connectivity index (χ0) is 19.1. The zero-order valence-corrected chi connectivity index (χ0v) is 15.0. The Morgan fingerprint density at radius 1 is 1.19 bits per heavy atom. The van der Waals surface area contributed by atoms with Crippen molar-refractivity contribution in [2.24, 2.45) is 5.73 Å². The SMILES string of the molecule is NCc1ccccc1CC[C@H](O)CNC(=O)c1cnn(-c2cccnc2)c1. The van der Waals surface area contributed by atoms with Crippen LogP contribution in [0.2, 0.25) is 0 Å². The van der Waals surface area contributed by atoms with E-state index >= 15 is 0 Å². The predicted molar refractivity (Wildman–Crippen MR) is 102 cm³/mol. The number of aliphatic hydroxyl groups excluding tert-OH is 1. The first kappa shape index (κ1) is 18.8. The average molecular weight is 365 g/mol. The fourth-order valence-corrected chi connectivity index (χ4v) is 2.81. The van der Waals surface area contributed by atoms with Crippen LogP contribution in [0.1, 0.15) is 27.9 Å². The minimum absolute atomic E-state index is 0.182. The molecular formula is C20H23N5O2. The number of nitrogens with one attached hydrogen (secondary N) is 1. The number of benzene rings is 1. The number of carbonyl (C=O) groups excluding carboxylic acids is 1. The number of nitrogens with zero attached hydrogens (tertiary/aromatic N) is 3. The predicted octanol–water partition coefficient (Wildman–Crippen LogP) is 1.45. The lowest BCUT2D eigenvalue weighted by Crippen LogP contribution is -2.32. The molecule has 0 fully saturated rings. The van der Waals surface area contributed by atoms with Gasteiger partial charge in [-0.05, 0) is 36.1 Å². The maximum absolute atomic E-state index is 12.3. The quantitative estimate of drug-likeness (QED) is 0.560. The number of aryl methyl sites for hydroxylation is 1. The fraction of sp³-hybridized carbons (Fsp3) is 0.250. The van der Waals surface area contributed by atoms with Gasteiger partial charge in [-0.1, -0.05) is 24.3 Å². The Bertz CT molecular complexity index is 879. The van der Waals surface area contributed by atoms with E-state index in [1.165, 1.54) is 6.20 Å². The third-order valence-electron chi connectivity index (χ3n) is 4.34. The lowest BCUT2D eigenvalue weighted by atomic mass is 10.0. The Kier molecular flexibility index (Phi) is 6.30. The average Bonchev–Trinajstić information content (AvgIpc) is 3.21. The van der Waals surface area contributed by atoms with Gasteiger partial charge in [-0.2, -0.15) is 5.10 Å². The third kappa shape index (κ3) is 4.99. The Labute approximate surface area is 157 Å². The van der Waals surface area contributed by atoms with Gasteiger partial charge in [-0.25, -0.2) is 4.68 Å². The second kappa shape index (κ2) is 9.07. The minimum Gasteiger partial charge on any atom is -0.391 e. The molecule has 1 aromatic carbocycles.